The molecule has 0 saturated heterocycles. The molecule has 0 bridgehead atoms. The van der Waals surface area contributed by atoms with Crippen molar-refractivity contribution in [1.29, 1.82) is 0 Å². The Morgan fingerprint density at radius 2 is 1.81 bits per heavy atom. The van der Waals surface area contributed by atoms with Gasteiger partial charge in [0.05, 0.1) is 12.0 Å². The van der Waals surface area contributed by atoms with E-state index in [4.69, 9.17) is 10.5 Å². The predicted molar refractivity (Wildman–Crippen MR) is 122 cm³/mol. The normalized spacial score (nSPS) is 12.7. The summed E-state index contributed by atoms with van der Waals surface area (Å²) in [6.07, 6.45) is 1.53. The maximum atomic E-state index is 13.0. The lowest BCUT2D eigenvalue weighted by molar-refractivity contribution is -0.138. The quantitative estimate of drug-likeness (QED) is 0.394. The molecule has 0 fully saturated rings. The van der Waals surface area contributed by atoms with Crippen molar-refractivity contribution in [3.63, 3.8) is 0 Å². The first-order valence-electron chi connectivity index (χ1n) is 9.73. The number of aliphatic carboxylic acids is 1. The Bertz CT molecular complexity index is 1440. The minimum atomic E-state index is -4.10. The van der Waals surface area contributed by atoms with E-state index in [9.17, 15) is 18.3 Å². The summed E-state index contributed by atoms with van der Waals surface area (Å²) in [5.41, 5.74) is 6.53. The molecule has 0 amide bonds. The monoisotopic (exact) mass is 451 g/mol. The summed E-state index contributed by atoms with van der Waals surface area (Å²) in [4.78, 5) is 15.9. The summed E-state index contributed by atoms with van der Waals surface area (Å²) in [5.74, 6) is -0.368. The van der Waals surface area contributed by atoms with Gasteiger partial charge in [-0.1, -0.05) is 24.3 Å². The van der Waals surface area contributed by atoms with Crippen molar-refractivity contribution >= 4 is 43.4 Å². The first kappa shape index (κ1) is 21.5. The van der Waals surface area contributed by atoms with E-state index in [2.05, 4.69) is 9.71 Å². The van der Waals surface area contributed by atoms with Crippen LogP contribution in [0.4, 0.5) is 5.82 Å². The average molecular weight is 452 g/mol. The highest BCUT2D eigenvalue weighted by molar-refractivity contribution is 7.89. The number of fused-ring (bicyclic) bond motifs is 2. The Hall–Kier alpha value is -3.69. The van der Waals surface area contributed by atoms with E-state index in [-0.39, 0.29) is 11.3 Å². The van der Waals surface area contributed by atoms with E-state index in [0.717, 1.165) is 10.8 Å². The van der Waals surface area contributed by atoms with Gasteiger partial charge in [0, 0.05) is 11.6 Å². The van der Waals surface area contributed by atoms with Crippen LogP contribution in [0.3, 0.4) is 0 Å². The molecule has 4 rings (SSSR count). The standard InChI is InChI=1S/C23H21N3O5S/c1-31-18-6-4-15-5-7-19(13-17(15)12-18)32(29,30)26-21(23(27)28)11-14-2-3-16-8-9-25-22(24)20(16)10-14/h2-10,12-13,21,26H,11H2,1H3,(H2,24,25)(H,27,28). The van der Waals surface area contributed by atoms with Gasteiger partial charge in [-0.3, -0.25) is 4.79 Å². The molecular weight excluding hydrogens is 430 g/mol. The molecule has 1 unspecified atom stereocenters. The topological polar surface area (TPSA) is 132 Å². The maximum Gasteiger partial charge on any atom is 0.322 e. The molecular formula is C23H21N3O5S. The largest absolute Gasteiger partial charge is 0.497 e. The number of nitrogens with one attached hydrogen (secondary N) is 1. The smallest absolute Gasteiger partial charge is 0.322 e. The van der Waals surface area contributed by atoms with Gasteiger partial charge in [0.25, 0.3) is 0 Å². The molecule has 164 valence electrons. The minimum absolute atomic E-state index is 0.0311. The van der Waals surface area contributed by atoms with Crippen LogP contribution in [0, 0.1) is 0 Å². The van der Waals surface area contributed by atoms with Crippen LogP contribution < -0.4 is 15.2 Å². The zero-order valence-electron chi connectivity index (χ0n) is 17.1. The third kappa shape index (κ3) is 4.34. The van der Waals surface area contributed by atoms with E-state index >= 15 is 0 Å². The number of hydrogen-bond acceptors (Lipinski definition) is 6. The van der Waals surface area contributed by atoms with E-state index in [0.29, 0.717) is 27.9 Å². The zero-order valence-corrected chi connectivity index (χ0v) is 18.0. The molecule has 4 N–H and O–H groups in total. The fourth-order valence-corrected chi connectivity index (χ4v) is 4.76. The second-order valence-electron chi connectivity index (χ2n) is 7.34. The lowest BCUT2D eigenvalue weighted by Crippen LogP contribution is -2.42. The maximum absolute atomic E-state index is 13.0. The van der Waals surface area contributed by atoms with Crippen molar-refractivity contribution in [2.75, 3.05) is 12.8 Å². The molecule has 1 atom stereocenters. The molecule has 8 nitrogen and oxygen atoms in total. The Labute approximate surface area is 184 Å². The van der Waals surface area contributed by atoms with Gasteiger partial charge >= 0.3 is 5.97 Å². The lowest BCUT2D eigenvalue weighted by atomic mass is 10.0. The van der Waals surface area contributed by atoms with E-state index in [1.54, 1.807) is 48.7 Å². The van der Waals surface area contributed by atoms with Crippen molar-refractivity contribution in [3.05, 3.63) is 72.4 Å². The molecule has 32 heavy (non-hydrogen) atoms. The van der Waals surface area contributed by atoms with Crippen LogP contribution in [0.15, 0.2) is 71.8 Å². The minimum Gasteiger partial charge on any atom is -0.497 e. The molecule has 0 spiro atoms. The number of aromatic nitrogens is 1. The number of nitrogens with zero attached hydrogens (tertiary/aromatic N) is 1. The molecule has 0 radical (unpaired) electrons. The van der Waals surface area contributed by atoms with Gasteiger partial charge in [0.15, 0.2) is 0 Å². The van der Waals surface area contributed by atoms with Crippen molar-refractivity contribution in [3.8, 4) is 5.75 Å². The third-order valence-electron chi connectivity index (χ3n) is 5.23. The summed E-state index contributed by atoms with van der Waals surface area (Å²) in [7, 11) is -2.57. The first-order valence-corrected chi connectivity index (χ1v) is 11.2. The molecule has 0 saturated carbocycles. The Morgan fingerprint density at radius 1 is 1.06 bits per heavy atom. The van der Waals surface area contributed by atoms with Crippen LogP contribution in [0.25, 0.3) is 21.5 Å². The SMILES string of the molecule is COc1ccc2ccc(S(=O)(=O)NC(Cc3ccc4ccnc(N)c4c3)C(=O)O)cc2c1. The molecule has 1 heterocycles. The molecule has 0 aliphatic rings. The number of hydrogen-bond donors (Lipinski definition) is 3. The van der Waals surface area contributed by atoms with Crippen LogP contribution in [-0.4, -0.2) is 37.6 Å². The third-order valence-corrected chi connectivity index (χ3v) is 6.70. The van der Waals surface area contributed by atoms with Gasteiger partial charge in [0.1, 0.15) is 17.6 Å². The highest BCUT2D eigenvalue weighted by Crippen LogP contribution is 2.25. The average Bonchev–Trinajstić information content (AvgIpc) is 2.78. The molecule has 4 aromatic rings. The second kappa shape index (κ2) is 8.45. The predicted octanol–water partition coefficient (Wildman–Crippen LogP) is 2.95. The fraction of sp³-hybridized carbons (Fsp3) is 0.130. The molecule has 0 aliphatic carbocycles. The van der Waals surface area contributed by atoms with Crippen molar-refractivity contribution in [2.45, 2.75) is 17.4 Å². The van der Waals surface area contributed by atoms with Gasteiger partial charge in [-0.25, -0.2) is 13.4 Å². The van der Waals surface area contributed by atoms with Gasteiger partial charge < -0.3 is 15.6 Å². The number of rotatable bonds is 7. The lowest BCUT2D eigenvalue weighted by Gasteiger charge is -2.16. The van der Waals surface area contributed by atoms with Crippen LogP contribution >= 0.6 is 0 Å². The number of nitrogen functional groups attached to an aromatic ring is 1. The number of sulfonamides is 1. The Balaban J connectivity index is 1.63. The number of carboxylic acid groups (broad SMARTS) is 1. The number of nitrogens with two attached hydrogens (primary N) is 1. The molecule has 9 heteroatoms. The van der Waals surface area contributed by atoms with Crippen molar-refractivity contribution in [1.82, 2.24) is 9.71 Å². The summed E-state index contributed by atoms with van der Waals surface area (Å²) in [6, 6.07) is 15.6. The number of pyridine rings is 1. The van der Waals surface area contributed by atoms with Crippen molar-refractivity contribution in [2.24, 2.45) is 0 Å². The van der Waals surface area contributed by atoms with Crippen molar-refractivity contribution < 1.29 is 23.1 Å². The number of anilines is 1. The molecule has 1 aromatic heterocycles. The van der Waals surface area contributed by atoms with Gasteiger partial charge in [-0.2, -0.15) is 4.72 Å². The van der Waals surface area contributed by atoms with Gasteiger partial charge in [-0.05, 0) is 64.5 Å². The van der Waals surface area contributed by atoms with E-state index < -0.39 is 22.0 Å². The zero-order chi connectivity index (χ0) is 22.9. The summed E-state index contributed by atoms with van der Waals surface area (Å²) in [5, 5.41) is 12.7. The van der Waals surface area contributed by atoms with Gasteiger partial charge in [-0.15, -0.1) is 0 Å². The number of carbonyl (C=O) groups is 1. The van der Waals surface area contributed by atoms with E-state index in [1.807, 2.05) is 6.07 Å². The van der Waals surface area contributed by atoms with Crippen LogP contribution in [0.1, 0.15) is 5.56 Å². The number of carboxylic acids is 1. The number of benzene rings is 3. The second-order valence-corrected chi connectivity index (χ2v) is 9.06. The van der Waals surface area contributed by atoms with Gasteiger partial charge in [0.2, 0.25) is 10.0 Å². The molecule has 3 aromatic carbocycles. The summed E-state index contributed by atoms with van der Waals surface area (Å²) < 4.78 is 33.4. The number of ether oxygens (including phenoxy) is 1. The Morgan fingerprint density at radius 3 is 2.56 bits per heavy atom. The van der Waals surface area contributed by atoms with Crippen LogP contribution in [0.5, 0.6) is 5.75 Å². The van der Waals surface area contributed by atoms with E-state index in [1.165, 1.54) is 19.2 Å². The highest BCUT2D eigenvalue weighted by atomic mass is 32.2. The Kier molecular flexibility index (Phi) is 5.68. The molecule has 0 aliphatic heterocycles. The summed E-state index contributed by atoms with van der Waals surface area (Å²) >= 11 is 0. The fourth-order valence-electron chi connectivity index (χ4n) is 3.53. The highest BCUT2D eigenvalue weighted by Gasteiger charge is 2.26. The van der Waals surface area contributed by atoms with Crippen LogP contribution in [-0.2, 0) is 21.2 Å². The number of methoxy groups -OCH3 is 1. The first-order chi connectivity index (χ1) is 15.3. The van der Waals surface area contributed by atoms with Crippen LogP contribution in [0.2, 0.25) is 0 Å². The summed E-state index contributed by atoms with van der Waals surface area (Å²) in [6.45, 7) is 0.